The van der Waals surface area contributed by atoms with Crippen LogP contribution in [0, 0.1) is 10.1 Å². The number of aryl methyl sites for hydroxylation is 1. The Kier molecular flexibility index (Phi) is 2.67. The van der Waals surface area contributed by atoms with Gasteiger partial charge in [-0.15, -0.1) is 0 Å². The molecule has 1 fully saturated rings. The van der Waals surface area contributed by atoms with Crippen LogP contribution >= 0.6 is 12.2 Å². The summed E-state index contributed by atoms with van der Waals surface area (Å²) in [5, 5.41) is 0. The summed E-state index contributed by atoms with van der Waals surface area (Å²) in [7, 11) is 0. The van der Waals surface area contributed by atoms with Crippen LogP contribution in [0.3, 0.4) is 0 Å². The van der Waals surface area contributed by atoms with E-state index in [1.165, 1.54) is 12.1 Å². The van der Waals surface area contributed by atoms with Gasteiger partial charge in [0.2, 0.25) is 0 Å². The third kappa shape index (κ3) is 2.28. The first-order chi connectivity index (χ1) is 7.03. The summed E-state index contributed by atoms with van der Waals surface area (Å²) in [5.74, 6) is 1.67. The lowest BCUT2D eigenvalue weighted by molar-refractivity contribution is 0.605. The van der Waals surface area contributed by atoms with E-state index in [9.17, 15) is 0 Å². The Balaban J connectivity index is 2.29. The fraction of sp³-hybridized carbons (Fsp3) is 0.667. The van der Waals surface area contributed by atoms with Crippen molar-refractivity contribution in [2.75, 3.05) is 0 Å². The molecule has 0 aliphatic heterocycles. The minimum atomic E-state index is 0.413. The number of nitrogens with zero attached hydrogens (tertiary/aromatic N) is 1. The van der Waals surface area contributed by atoms with Crippen molar-refractivity contribution in [2.45, 2.75) is 46.0 Å². The molecule has 0 radical (unpaired) electrons. The van der Waals surface area contributed by atoms with Crippen molar-refractivity contribution in [3.63, 3.8) is 0 Å². The Morgan fingerprint density at radius 1 is 1.60 bits per heavy atom. The van der Waals surface area contributed by atoms with Gasteiger partial charge in [-0.1, -0.05) is 39.4 Å². The molecule has 2 nitrogen and oxygen atoms in total. The number of H-pyrrole nitrogens is 1. The quantitative estimate of drug-likeness (QED) is 0.791. The SMILES string of the molecule is CCCc1cc(=S)nc(C2CC2(C)C)[nH]1. The van der Waals surface area contributed by atoms with Gasteiger partial charge in [0.25, 0.3) is 0 Å². The molecular formula is C12H18N2S. The average molecular weight is 222 g/mol. The zero-order valence-electron chi connectivity index (χ0n) is 9.63. The van der Waals surface area contributed by atoms with Crippen LogP contribution in [0.1, 0.15) is 51.0 Å². The molecule has 3 heteroatoms. The summed E-state index contributed by atoms with van der Waals surface area (Å²) in [6.07, 6.45) is 3.43. The molecule has 1 atom stereocenters. The molecule has 0 spiro atoms. The molecule has 0 saturated heterocycles. The maximum Gasteiger partial charge on any atom is 0.129 e. The van der Waals surface area contributed by atoms with Crippen molar-refractivity contribution in [3.05, 3.63) is 22.2 Å². The second-order valence-corrected chi connectivity index (χ2v) is 5.54. The second-order valence-electron chi connectivity index (χ2n) is 5.13. The van der Waals surface area contributed by atoms with Gasteiger partial charge in [0, 0.05) is 11.6 Å². The number of aromatic amines is 1. The summed E-state index contributed by atoms with van der Waals surface area (Å²) in [5.41, 5.74) is 1.64. The molecule has 82 valence electrons. The highest BCUT2D eigenvalue weighted by molar-refractivity contribution is 7.71. The van der Waals surface area contributed by atoms with E-state index < -0.39 is 0 Å². The Hall–Kier alpha value is -0.700. The summed E-state index contributed by atoms with van der Waals surface area (Å²) >= 11 is 5.19. The first kappa shape index (κ1) is 10.8. The fourth-order valence-electron chi connectivity index (χ4n) is 2.03. The number of hydrogen-bond acceptors (Lipinski definition) is 2. The van der Waals surface area contributed by atoms with Crippen LogP contribution in [0.2, 0.25) is 0 Å². The van der Waals surface area contributed by atoms with Gasteiger partial charge in [-0.25, -0.2) is 4.98 Å². The van der Waals surface area contributed by atoms with Gasteiger partial charge in [0.05, 0.1) is 0 Å². The number of nitrogens with one attached hydrogen (secondary N) is 1. The van der Waals surface area contributed by atoms with E-state index in [2.05, 4.69) is 30.7 Å². The summed E-state index contributed by atoms with van der Waals surface area (Å²) in [6.45, 7) is 6.74. The van der Waals surface area contributed by atoms with Crippen LogP contribution in [0.4, 0.5) is 0 Å². The van der Waals surface area contributed by atoms with Gasteiger partial charge < -0.3 is 4.98 Å². The smallest absolute Gasteiger partial charge is 0.129 e. The molecule has 1 N–H and O–H groups in total. The standard InChI is InChI=1S/C12H18N2S/c1-4-5-8-6-10(15)14-11(13-8)9-7-12(9,2)3/h6,9H,4-5,7H2,1-3H3,(H,13,14,15). The Labute approximate surface area is 96.1 Å². The Bertz CT molecular complexity index is 420. The van der Waals surface area contributed by atoms with E-state index in [1.54, 1.807) is 0 Å². The van der Waals surface area contributed by atoms with Crippen molar-refractivity contribution in [1.29, 1.82) is 0 Å². The van der Waals surface area contributed by atoms with Gasteiger partial charge in [-0.3, -0.25) is 0 Å². The monoisotopic (exact) mass is 222 g/mol. The first-order valence-electron chi connectivity index (χ1n) is 5.63. The van der Waals surface area contributed by atoms with Crippen LogP contribution in [0.25, 0.3) is 0 Å². The highest BCUT2D eigenvalue weighted by Gasteiger charge is 2.48. The highest BCUT2D eigenvalue weighted by Crippen LogP contribution is 2.57. The van der Waals surface area contributed by atoms with Crippen LogP contribution < -0.4 is 0 Å². The fourth-order valence-corrected chi connectivity index (χ4v) is 2.27. The molecule has 1 unspecified atom stereocenters. The van der Waals surface area contributed by atoms with Gasteiger partial charge in [0.1, 0.15) is 10.5 Å². The zero-order valence-corrected chi connectivity index (χ0v) is 10.4. The van der Waals surface area contributed by atoms with Crippen molar-refractivity contribution >= 4 is 12.2 Å². The van der Waals surface area contributed by atoms with E-state index in [1.807, 2.05) is 6.07 Å². The third-order valence-corrected chi connectivity index (χ3v) is 3.39. The van der Waals surface area contributed by atoms with Crippen molar-refractivity contribution in [1.82, 2.24) is 9.97 Å². The minimum Gasteiger partial charge on any atom is -0.347 e. The van der Waals surface area contributed by atoms with E-state index in [4.69, 9.17) is 12.2 Å². The van der Waals surface area contributed by atoms with Crippen LogP contribution in [-0.2, 0) is 6.42 Å². The molecular weight excluding hydrogens is 204 g/mol. The molecule has 1 aromatic heterocycles. The van der Waals surface area contributed by atoms with Crippen LogP contribution in [0.15, 0.2) is 6.07 Å². The molecule has 1 aliphatic carbocycles. The summed E-state index contributed by atoms with van der Waals surface area (Å²) in [4.78, 5) is 7.86. The molecule has 0 bridgehead atoms. The molecule has 1 aliphatic rings. The molecule has 1 aromatic rings. The lowest BCUT2D eigenvalue weighted by atomic mass is 10.1. The van der Waals surface area contributed by atoms with Gasteiger partial charge in [-0.05, 0) is 24.3 Å². The Morgan fingerprint density at radius 3 is 2.80 bits per heavy atom. The van der Waals surface area contributed by atoms with Crippen molar-refractivity contribution < 1.29 is 0 Å². The van der Waals surface area contributed by atoms with E-state index in [0.717, 1.165) is 23.3 Å². The predicted molar refractivity (Wildman–Crippen MR) is 64.6 cm³/mol. The predicted octanol–water partition coefficient (Wildman–Crippen LogP) is 3.61. The normalized spacial score (nSPS) is 22.7. The van der Waals surface area contributed by atoms with Crippen molar-refractivity contribution in [2.24, 2.45) is 5.41 Å². The molecule has 0 aromatic carbocycles. The lowest BCUT2D eigenvalue weighted by Crippen LogP contribution is -2.01. The number of rotatable bonds is 3. The first-order valence-corrected chi connectivity index (χ1v) is 6.04. The van der Waals surface area contributed by atoms with E-state index in [-0.39, 0.29) is 0 Å². The number of hydrogen-bond donors (Lipinski definition) is 1. The van der Waals surface area contributed by atoms with Gasteiger partial charge >= 0.3 is 0 Å². The van der Waals surface area contributed by atoms with Gasteiger partial charge in [0.15, 0.2) is 0 Å². The van der Waals surface area contributed by atoms with E-state index >= 15 is 0 Å². The maximum absolute atomic E-state index is 5.19. The summed E-state index contributed by atoms with van der Waals surface area (Å²) < 4.78 is 0.731. The third-order valence-electron chi connectivity index (χ3n) is 3.18. The molecule has 1 saturated carbocycles. The average Bonchev–Trinajstić information content (AvgIpc) is 2.75. The summed E-state index contributed by atoms with van der Waals surface area (Å²) in [6, 6.07) is 1.98. The zero-order chi connectivity index (χ0) is 11.1. The van der Waals surface area contributed by atoms with Gasteiger partial charge in [-0.2, -0.15) is 0 Å². The lowest BCUT2D eigenvalue weighted by Gasteiger charge is -2.06. The van der Waals surface area contributed by atoms with E-state index in [0.29, 0.717) is 11.3 Å². The minimum absolute atomic E-state index is 0.413. The largest absolute Gasteiger partial charge is 0.347 e. The molecule has 1 heterocycles. The maximum atomic E-state index is 5.19. The van der Waals surface area contributed by atoms with Crippen LogP contribution in [0.5, 0.6) is 0 Å². The molecule has 0 amide bonds. The highest BCUT2D eigenvalue weighted by atomic mass is 32.1. The second kappa shape index (κ2) is 3.71. The van der Waals surface area contributed by atoms with Crippen molar-refractivity contribution in [3.8, 4) is 0 Å². The number of aromatic nitrogens is 2. The Morgan fingerprint density at radius 2 is 2.27 bits per heavy atom. The molecule has 15 heavy (non-hydrogen) atoms. The topological polar surface area (TPSA) is 28.7 Å². The van der Waals surface area contributed by atoms with Crippen LogP contribution in [-0.4, -0.2) is 9.97 Å². The molecule has 2 rings (SSSR count).